The predicted octanol–water partition coefficient (Wildman–Crippen LogP) is 3.17. The molecular formula is C17H12BrN3O3S3. The molecule has 0 saturated carbocycles. The van der Waals surface area contributed by atoms with E-state index >= 15 is 0 Å². The van der Waals surface area contributed by atoms with Gasteiger partial charge in [0.25, 0.3) is 17.7 Å². The van der Waals surface area contributed by atoms with E-state index < -0.39 is 11.8 Å². The lowest BCUT2D eigenvalue weighted by atomic mass is 10.2. The van der Waals surface area contributed by atoms with E-state index in [1.807, 2.05) is 17.5 Å². The van der Waals surface area contributed by atoms with Crippen LogP contribution in [0.5, 0.6) is 0 Å². The number of hydrazine groups is 1. The lowest BCUT2D eigenvalue weighted by Gasteiger charge is -2.14. The SMILES string of the molecule is O=C(CN1C(=O)C(=Cc2cccs2)SC1=S)NNC(=O)c1ccc(Br)cc1. The van der Waals surface area contributed by atoms with Crippen molar-refractivity contribution in [2.24, 2.45) is 0 Å². The zero-order valence-electron chi connectivity index (χ0n) is 13.6. The molecule has 2 N–H and O–H groups in total. The number of nitrogens with zero attached hydrogens (tertiary/aromatic N) is 1. The topological polar surface area (TPSA) is 78.5 Å². The predicted molar refractivity (Wildman–Crippen MR) is 114 cm³/mol. The second kappa shape index (κ2) is 8.79. The van der Waals surface area contributed by atoms with E-state index in [1.165, 1.54) is 16.2 Å². The van der Waals surface area contributed by atoms with Gasteiger partial charge in [0.15, 0.2) is 0 Å². The highest BCUT2D eigenvalue weighted by molar-refractivity contribution is 9.10. The normalized spacial score (nSPS) is 15.3. The molecule has 1 fully saturated rings. The molecule has 1 aromatic heterocycles. The molecule has 1 aliphatic heterocycles. The van der Waals surface area contributed by atoms with E-state index in [1.54, 1.807) is 30.3 Å². The van der Waals surface area contributed by atoms with Crippen molar-refractivity contribution >= 4 is 79.4 Å². The number of halogens is 1. The zero-order valence-corrected chi connectivity index (χ0v) is 17.6. The molecule has 138 valence electrons. The van der Waals surface area contributed by atoms with Crippen molar-refractivity contribution in [2.45, 2.75) is 0 Å². The molecule has 1 aliphatic rings. The van der Waals surface area contributed by atoms with E-state index in [0.29, 0.717) is 14.8 Å². The molecule has 0 radical (unpaired) electrons. The molecule has 0 spiro atoms. The summed E-state index contributed by atoms with van der Waals surface area (Å²) in [6, 6.07) is 10.4. The number of thioether (sulfide) groups is 1. The van der Waals surface area contributed by atoms with Gasteiger partial charge in [-0.05, 0) is 41.8 Å². The van der Waals surface area contributed by atoms with Gasteiger partial charge in [-0.3, -0.25) is 30.1 Å². The minimum Gasteiger partial charge on any atom is -0.283 e. The van der Waals surface area contributed by atoms with Gasteiger partial charge in [-0.1, -0.05) is 46.0 Å². The van der Waals surface area contributed by atoms with Crippen molar-refractivity contribution in [3.63, 3.8) is 0 Å². The van der Waals surface area contributed by atoms with Crippen LogP contribution < -0.4 is 10.9 Å². The van der Waals surface area contributed by atoms with Crippen LogP contribution in [-0.4, -0.2) is 33.5 Å². The molecule has 1 saturated heterocycles. The van der Waals surface area contributed by atoms with E-state index in [2.05, 4.69) is 26.8 Å². The maximum atomic E-state index is 12.5. The first-order valence-corrected chi connectivity index (χ1v) is 10.5. The second-order valence-corrected chi connectivity index (χ2v) is 8.86. The summed E-state index contributed by atoms with van der Waals surface area (Å²) in [4.78, 5) is 39.1. The molecule has 10 heteroatoms. The number of hydrogen-bond acceptors (Lipinski definition) is 6. The van der Waals surface area contributed by atoms with Crippen molar-refractivity contribution in [1.82, 2.24) is 15.8 Å². The van der Waals surface area contributed by atoms with Crippen LogP contribution in [0.3, 0.4) is 0 Å². The summed E-state index contributed by atoms with van der Waals surface area (Å²) in [5.41, 5.74) is 5.00. The summed E-state index contributed by atoms with van der Waals surface area (Å²) in [6.45, 7) is -0.271. The summed E-state index contributed by atoms with van der Waals surface area (Å²) >= 11 is 11.1. The summed E-state index contributed by atoms with van der Waals surface area (Å²) < 4.78 is 1.14. The minimum atomic E-state index is -0.547. The van der Waals surface area contributed by atoms with Gasteiger partial charge in [0, 0.05) is 14.9 Å². The largest absolute Gasteiger partial charge is 0.283 e. The average Bonchev–Trinajstić information content (AvgIpc) is 3.24. The van der Waals surface area contributed by atoms with Crippen molar-refractivity contribution in [1.29, 1.82) is 0 Å². The average molecular weight is 482 g/mol. The lowest BCUT2D eigenvalue weighted by molar-refractivity contribution is -0.129. The number of thiocarbonyl (C=S) groups is 1. The molecule has 0 atom stereocenters. The molecule has 3 amide bonds. The van der Waals surface area contributed by atoms with E-state index in [0.717, 1.165) is 21.1 Å². The summed E-state index contributed by atoms with van der Waals surface area (Å²) in [6.07, 6.45) is 1.75. The first-order chi connectivity index (χ1) is 12.9. The molecule has 0 unspecified atom stereocenters. The highest BCUT2D eigenvalue weighted by Gasteiger charge is 2.33. The maximum absolute atomic E-state index is 12.5. The van der Waals surface area contributed by atoms with E-state index in [9.17, 15) is 14.4 Å². The van der Waals surface area contributed by atoms with Crippen molar-refractivity contribution < 1.29 is 14.4 Å². The Morgan fingerprint density at radius 2 is 1.93 bits per heavy atom. The highest BCUT2D eigenvalue weighted by atomic mass is 79.9. The third-order valence-electron chi connectivity index (χ3n) is 3.41. The first kappa shape index (κ1) is 19.7. The molecule has 6 nitrogen and oxygen atoms in total. The fraction of sp³-hybridized carbons (Fsp3) is 0.0588. The number of carbonyl (C=O) groups excluding carboxylic acids is 3. The standard InChI is InChI=1S/C17H12BrN3O3S3/c18-11-5-3-10(4-6-11)15(23)20-19-14(22)9-21-16(24)13(27-17(21)25)8-12-2-1-7-26-12/h1-8H,9H2,(H,19,22)(H,20,23). The highest BCUT2D eigenvalue weighted by Crippen LogP contribution is 2.32. The number of rotatable bonds is 4. The Morgan fingerprint density at radius 1 is 1.19 bits per heavy atom. The van der Waals surface area contributed by atoms with Crippen LogP contribution in [0.25, 0.3) is 6.08 Å². The van der Waals surface area contributed by atoms with Crippen molar-refractivity contribution in [2.75, 3.05) is 6.54 Å². The number of amides is 3. The Balaban J connectivity index is 1.56. The van der Waals surface area contributed by atoms with Gasteiger partial charge in [-0.2, -0.15) is 0 Å². The second-order valence-electron chi connectivity index (χ2n) is 5.29. The van der Waals surface area contributed by atoms with Crippen LogP contribution in [-0.2, 0) is 9.59 Å². The van der Waals surface area contributed by atoms with E-state index in [-0.39, 0.29) is 12.5 Å². The molecule has 0 bridgehead atoms. The monoisotopic (exact) mass is 481 g/mol. The number of nitrogens with one attached hydrogen (secondary N) is 2. The number of benzene rings is 1. The van der Waals surface area contributed by atoms with Gasteiger partial charge in [0.05, 0.1) is 4.91 Å². The number of carbonyl (C=O) groups is 3. The van der Waals surface area contributed by atoms with Crippen molar-refractivity contribution in [3.05, 3.63) is 61.6 Å². The van der Waals surface area contributed by atoms with Crippen LogP contribution >= 0.6 is 51.2 Å². The molecule has 3 rings (SSSR count). The summed E-state index contributed by atoms with van der Waals surface area (Å²) in [7, 11) is 0. The molecule has 2 heterocycles. The number of thiophene rings is 1. The quantitative estimate of drug-likeness (QED) is 0.398. The Bertz CT molecular complexity index is 927. The smallest absolute Gasteiger partial charge is 0.269 e. The van der Waals surface area contributed by atoms with Crippen molar-refractivity contribution in [3.8, 4) is 0 Å². The summed E-state index contributed by atoms with van der Waals surface area (Å²) in [5, 5.41) is 1.91. The Kier molecular flexibility index (Phi) is 6.42. The van der Waals surface area contributed by atoms with Gasteiger partial charge in [-0.15, -0.1) is 11.3 Å². The Labute approximate surface area is 177 Å². The Hall–Kier alpha value is -2.01. The van der Waals surface area contributed by atoms with Crippen LogP contribution in [0.2, 0.25) is 0 Å². The fourth-order valence-electron chi connectivity index (χ4n) is 2.12. The molecule has 1 aromatic carbocycles. The maximum Gasteiger partial charge on any atom is 0.269 e. The summed E-state index contributed by atoms with van der Waals surface area (Å²) in [5.74, 6) is -1.33. The molecule has 27 heavy (non-hydrogen) atoms. The fourth-order valence-corrected chi connectivity index (χ4v) is 4.36. The van der Waals surface area contributed by atoms with Crippen LogP contribution in [0.1, 0.15) is 15.2 Å². The number of hydrogen-bond donors (Lipinski definition) is 2. The van der Waals surface area contributed by atoms with Gasteiger partial charge in [0.2, 0.25) is 0 Å². The van der Waals surface area contributed by atoms with Gasteiger partial charge in [-0.25, -0.2) is 0 Å². The van der Waals surface area contributed by atoms with Crippen LogP contribution in [0.4, 0.5) is 0 Å². The Morgan fingerprint density at radius 3 is 2.59 bits per heavy atom. The lowest BCUT2D eigenvalue weighted by Crippen LogP contribution is -2.47. The minimum absolute atomic E-state index is 0.271. The van der Waals surface area contributed by atoms with Crippen LogP contribution in [0, 0.1) is 0 Å². The van der Waals surface area contributed by atoms with Crippen LogP contribution in [0.15, 0.2) is 51.2 Å². The first-order valence-electron chi connectivity index (χ1n) is 7.57. The van der Waals surface area contributed by atoms with E-state index in [4.69, 9.17) is 12.2 Å². The zero-order chi connectivity index (χ0) is 19.4. The van der Waals surface area contributed by atoms with Gasteiger partial charge >= 0.3 is 0 Å². The van der Waals surface area contributed by atoms with Gasteiger partial charge < -0.3 is 0 Å². The van der Waals surface area contributed by atoms with Gasteiger partial charge in [0.1, 0.15) is 10.9 Å². The molecular weight excluding hydrogens is 470 g/mol. The molecule has 0 aliphatic carbocycles. The third-order valence-corrected chi connectivity index (χ3v) is 6.14. The molecule has 2 aromatic rings. The third kappa shape index (κ3) is 5.04.